The van der Waals surface area contributed by atoms with Crippen LogP contribution in [-0.2, 0) is 11.2 Å². The molecule has 8 heteroatoms. The molecule has 0 fully saturated rings. The molecule has 2 aromatic carbocycles. The lowest BCUT2D eigenvalue weighted by atomic mass is 10.2. The van der Waals surface area contributed by atoms with E-state index in [2.05, 4.69) is 15.5 Å². The lowest BCUT2D eigenvalue weighted by Gasteiger charge is -1.96. The van der Waals surface area contributed by atoms with Crippen LogP contribution in [0.1, 0.15) is 16.1 Å². The minimum Gasteiger partial charge on any atom is -0.297 e. The van der Waals surface area contributed by atoms with Gasteiger partial charge in [0.15, 0.2) is 0 Å². The van der Waals surface area contributed by atoms with Gasteiger partial charge in [0.2, 0.25) is 11.0 Å². The number of nitro benzene ring substituents is 1. The van der Waals surface area contributed by atoms with Crippen molar-refractivity contribution in [3.05, 3.63) is 86.9 Å². The molecule has 3 aromatic rings. The Balaban J connectivity index is 1.57. The second kappa shape index (κ2) is 8.13. The number of nitrogens with zero attached hydrogens (tertiary/aromatic N) is 3. The number of non-ortho nitro benzene ring substituents is 1. The molecule has 1 aromatic heterocycles. The number of carbonyl (C=O) groups excluding carboxylic acids is 1. The fourth-order valence-corrected chi connectivity index (χ4v) is 2.95. The first-order valence-corrected chi connectivity index (χ1v) is 8.51. The molecule has 0 unspecified atom stereocenters. The summed E-state index contributed by atoms with van der Waals surface area (Å²) in [6.07, 6.45) is 3.58. The summed E-state index contributed by atoms with van der Waals surface area (Å²) in [5, 5.41) is 22.5. The average molecular weight is 366 g/mol. The number of carbonyl (C=O) groups is 1. The molecule has 0 aliphatic heterocycles. The Bertz CT molecular complexity index is 937. The van der Waals surface area contributed by atoms with Crippen molar-refractivity contribution < 1.29 is 9.72 Å². The Morgan fingerprint density at radius 3 is 2.54 bits per heavy atom. The summed E-state index contributed by atoms with van der Waals surface area (Å²) in [6.45, 7) is 0. The monoisotopic (exact) mass is 366 g/mol. The van der Waals surface area contributed by atoms with E-state index in [1.807, 2.05) is 30.3 Å². The normalized spacial score (nSPS) is 10.8. The van der Waals surface area contributed by atoms with Crippen molar-refractivity contribution in [1.29, 1.82) is 0 Å². The van der Waals surface area contributed by atoms with E-state index in [0.29, 0.717) is 17.1 Å². The third-order valence-corrected chi connectivity index (χ3v) is 4.26. The number of hydrogen-bond donors (Lipinski definition) is 1. The molecule has 0 bridgehead atoms. The summed E-state index contributed by atoms with van der Waals surface area (Å²) in [7, 11) is 0. The molecule has 0 aliphatic rings. The molecule has 0 aliphatic carbocycles. The summed E-state index contributed by atoms with van der Waals surface area (Å²) >= 11 is 1.32. The van der Waals surface area contributed by atoms with Crippen molar-refractivity contribution in [3.63, 3.8) is 0 Å². The van der Waals surface area contributed by atoms with Crippen LogP contribution < -0.4 is 5.32 Å². The first-order chi connectivity index (χ1) is 12.6. The van der Waals surface area contributed by atoms with Crippen LogP contribution in [0.25, 0.3) is 6.08 Å². The first-order valence-electron chi connectivity index (χ1n) is 7.70. The highest BCUT2D eigenvalue weighted by atomic mass is 32.1. The molecule has 0 saturated heterocycles. The van der Waals surface area contributed by atoms with Crippen LogP contribution in [0.2, 0.25) is 0 Å². The highest BCUT2D eigenvalue weighted by Crippen LogP contribution is 2.18. The molecule has 1 heterocycles. The summed E-state index contributed by atoms with van der Waals surface area (Å²) in [5.41, 5.74) is 1.82. The zero-order valence-corrected chi connectivity index (χ0v) is 14.3. The van der Waals surface area contributed by atoms with Gasteiger partial charge in [0.05, 0.1) is 4.92 Å². The summed E-state index contributed by atoms with van der Waals surface area (Å²) in [4.78, 5) is 22.1. The molecular formula is C18H14N4O3S. The van der Waals surface area contributed by atoms with Gasteiger partial charge in [0, 0.05) is 24.6 Å². The van der Waals surface area contributed by atoms with Crippen molar-refractivity contribution >= 4 is 34.1 Å². The van der Waals surface area contributed by atoms with E-state index >= 15 is 0 Å². The second-order valence-electron chi connectivity index (χ2n) is 5.33. The fourth-order valence-electron chi connectivity index (χ4n) is 2.17. The van der Waals surface area contributed by atoms with Crippen molar-refractivity contribution in [1.82, 2.24) is 10.2 Å². The average Bonchev–Trinajstić information content (AvgIpc) is 3.08. The first kappa shape index (κ1) is 17.4. The van der Waals surface area contributed by atoms with Gasteiger partial charge < -0.3 is 0 Å². The molecule has 0 saturated carbocycles. The van der Waals surface area contributed by atoms with E-state index in [4.69, 9.17) is 0 Å². The van der Waals surface area contributed by atoms with Crippen LogP contribution in [0.4, 0.5) is 10.8 Å². The van der Waals surface area contributed by atoms with Gasteiger partial charge in [0.1, 0.15) is 5.01 Å². The quantitative estimate of drug-likeness (QED) is 0.407. The SMILES string of the molecule is O=C(/C=C/c1ccc([N+](=O)[O-])cc1)Nc1nnc(Cc2ccccc2)s1. The molecule has 1 amide bonds. The topological polar surface area (TPSA) is 98.0 Å². The molecule has 0 atom stereocenters. The van der Waals surface area contributed by atoms with Crippen molar-refractivity contribution in [2.45, 2.75) is 6.42 Å². The van der Waals surface area contributed by atoms with Gasteiger partial charge in [0.25, 0.3) is 5.69 Å². The number of amides is 1. The number of benzene rings is 2. The van der Waals surface area contributed by atoms with Gasteiger partial charge in [-0.1, -0.05) is 41.7 Å². The molecule has 130 valence electrons. The van der Waals surface area contributed by atoms with Gasteiger partial charge in [-0.25, -0.2) is 0 Å². The van der Waals surface area contributed by atoms with Gasteiger partial charge in [-0.05, 0) is 29.3 Å². The van der Waals surface area contributed by atoms with E-state index in [-0.39, 0.29) is 11.6 Å². The van der Waals surface area contributed by atoms with Crippen LogP contribution >= 0.6 is 11.3 Å². The van der Waals surface area contributed by atoms with E-state index in [0.717, 1.165) is 10.6 Å². The Hall–Kier alpha value is -3.39. The predicted octanol–water partition coefficient (Wildman–Crippen LogP) is 3.69. The number of nitro groups is 1. The third kappa shape index (κ3) is 4.81. The van der Waals surface area contributed by atoms with Crippen molar-refractivity contribution in [2.24, 2.45) is 0 Å². The Morgan fingerprint density at radius 2 is 1.85 bits per heavy atom. The number of rotatable bonds is 6. The maximum atomic E-state index is 12.0. The minimum atomic E-state index is -0.470. The van der Waals surface area contributed by atoms with Crippen molar-refractivity contribution in [3.8, 4) is 0 Å². The minimum absolute atomic E-state index is 0.00593. The van der Waals surface area contributed by atoms with E-state index < -0.39 is 4.92 Å². The van der Waals surface area contributed by atoms with Gasteiger partial charge in [-0.2, -0.15) is 0 Å². The summed E-state index contributed by atoms with van der Waals surface area (Å²) < 4.78 is 0. The summed E-state index contributed by atoms with van der Waals surface area (Å²) in [6, 6.07) is 15.8. The standard InChI is InChI=1S/C18H14N4O3S/c23-16(11-8-13-6-9-15(10-7-13)22(24)25)19-18-21-20-17(26-18)12-14-4-2-1-3-5-14/h1-11H,12H2,(H,19,21,23)/b11-8+. The smallest absolute Gasteiger partial charge is 0.269 e. The molecule has 1 N–H and O–H groups in total. The highest BCUT2D eigenvalue weighted by Gasteiger charge is 2.07. The zero-order valence-electron chi connectivity index (χ0n) is 13.5. The number of nitrogens with one attached hydrogen (secondary N) is 1. The van der Waals surface area contributed by atoms with Gasteiger partial charge in [-0.15, -0.1) is 10.2 Å². The summed E-state index contributed by atoms with van der Waals surface area (Å²) in [5.74, 6) is -0.342. The van der Waals surface area contributed by atoms with Crippen molar-refractivity contribution in [2.75, 3.05) is 5.32 Å². The maximum absolute atomic E-state index is 12.0. The van der Waals surface area contributed by atoms with Crippen LogP contribution in [0, 0.1) is 10.1 Å². The largest absolute Gasteiger partial charge is 0.297 e. The molecule has 7 nitrogen and oxygen atoms in total. The molecule has 3 rings (SSSR count). The Kier molecular flexibility index (Phi) is 5.45. The second-order valence-corrected chi connectivity index (χ2v) is 6.40. The maximum Gasteiger partial charge on any atom is 0.269 e. The number of hydrogen-bond acceptors (Lipinski definition) is 6. The number of aromatic nitrogens is 2. The van der Waals surface area contributed by atoms with E-state index in [9.17, 15) is 14.9 Å². The molecule has 26 heavy (non-hydrogen) atoms. The highest BCUT2D eigenvalue weighted by molar-refractivity contribution is 7.15. The van der Waals surface area contributed by atoms with E-state index in [1.54, 1.807) is 18.2 Å². The molecule has 0 spiro atoms. The lowest BCUT2D eigenvalue weighted by molar-refractivity contribution is -0.384. The Morgan fingerprint density at radius 1 is 1.12 bits per heavy atom. The lowest BCUT2D eigenvalue weighted by Crippen LogP contribution is -2.07. The Labute approximate surface area is 153 Å². The molecular weight excluding hydrogens is 352 g/mol. The molecule has 0 radical (unpaired) electrons. The van der Waals surface area contributed by atoms with Crippen LogP contribution in [0.3, 0.4) is 0 Å². The van der Waals surface area contributed by atoms with Crippen LogP contribution in [0.15, 0.2) is 60.7 Å². The zero-order chi connectivity index (χ0) is 18.4. The number of anilines is 1. The third-order valence-electron chi connectivity index (χ3n) is 3.43. The fraction of sp³-hybridized carbons (Fsp3) is 0.0556. The van der Waals surface area contributed by atoms with E-state index in [1.165, 1.54) is 29.5 Å². The van der Waals surface area contributed by atoms with Gasteiger partial charge >= 0.3 is 0 Å². The van der Waals surface area contributed by atoms with Crippen LogP contribution in [-0.4, -0.2) is 21.0 Å². The van der Waals surface area contributed by atoms with Gasteiger partial charge in [-0.3, -0.25) is 20.2 Å². The van der Waals surface area contributed by atoms with Crippen LogP contribution in [0.5, 0.6) is 0 Å². The predicted molar refractivity (Wildman–Crippen MR) is 99.9 cm³/mol.